The molecule has 6 nitrogen and oxygen atoms in total. The van der Waals surface area contributed by atoms with Gasteiger partial charge in [0, 0.05) is 59.0 Å². The van der Waals surface area contributed by atoms with Crippen LogP contribution in [0.2, 0.25) is 0 Å². The molecule has 1 saturated heterocycles. The number of ether oxygens (including phenoxy) is 1. The van der Waals surface area contributed by atoms with Crippen molar-refractivity contribution < 1.29 is 4.74 Å². The van der Waals surface area contributed by atoms with Gasteiger partial charge in [0.05, 0.1) is 6.61 Å². The lowest BCUT2D eigenvalue weighted by molar-refractivity contribution is 0.157. The molecule has 1 aliphatic heterocycles. The van der Waals surface area contributed by atoms with E-state index in [-0.39, 0.29) is 24.0 Å². The highest BCUT2D eigenvalue weighted by Crippen LogP contribution is 2.16. The lowest BCUT2D eigenvalue weighted by Gasteiger charge is -2.22. The maximum absolute atomic E-state index is 5.27. The number of hydrogen-bond donors (Lipinski definition) is 1. The molecule has 142 valence electrons. The van der Waals surface area contributed by atoms with Crippen molar-refractivity contribution in [2.75, 3.05) is 51.8 Å². The van der Waals surface area contributed by atoms with Crippen molar-refractivity contribution in [1.82, 2.24) is 15.2 Å². The zero-order valence-corrected chi connectivity index (χ0v) is 18.2. The molecule has 1 unspecified atom stereocenters. The molecule has 0 aliphatic carbocycles. The number of aliphatic imine (C=N–C) groups is 1. The van der Waals surface area contributed by atoms with Gasteiger partial charge in [-0.25, -0.2) is 4.98 Å². The molecule has 1 aromatic rings. The molecule has 1 atom stereocenters. The van der Waals surface area contributed by atoms with E-state index in [4.69, 9.17) is 4.74 Å². The predicted octanol–water partition coefficient (Wildman–Crippen LogP) is 2.59. The predicted molar refractivity (Wildman–Crippen MR) is 115 cm³/mol. The van der Waals surface area contributed by atoms with Gasteiger partial charge in [0.2, 0.25) is 0 Å². The summed E-state index contributed by atoms with van der Waals surface area (Å²) in [4.78, 5) is 13.5. The van der Waals surface area contributed by atoms with Gasteiger partial charge in [-0.1, -0.05) is 6.07 Å². The first-order chi connectivity index (χ1) is 11.7. The van der Waals surface area contributed by atoms with Crippen molar-refractivity contribution in [3.05, 3.63) is 23.9 Å². The van der Waals surface area contributed by atoms with Gasteiger partial charge in [0.15, 0.2) is 5.96 Å². The molecule has 0 bridgehead atoms. The van der Waals surface area contributed by atoms with E-state index in [0.717, 1.165) is 57.5 Å². The fourth-order valence-corrected chi connectivity index (χ4v) is 3.17. The van der Waals surface area contributed by atoms with Crippen LogP contribution in [0.3, 0.4) is 0 Å². The molecule has 1 aromatic heterocycles. The molecular weight excluding hydrogens is 429 g/mol. The second kappa shape index (κ2) is 11.5. The third-order valence-electron chi connectivity index (χ3n) is 4.55. The van der Waals surface area contributed by atoms with Crippen LogP contribution in [0.25, 0.3) is 0 Å². The molecule has 0 saturated carbocycles. The molecule has 0 aromatic carbocycles. The Bertz CT molecular complexity index is 519. The molecule has 1 fully saturated rings. The summed E-state index contributed by atoms with van der Waals surface area (Å²) in [6.07, 6.45) is 3.11. The number of aromatic nitrogens is 1. The maximum Gasteiger partial charge on any atom is 0.193 e. The molecule has 0 spiro atoms. The Morgan fingerprint density at radius 3 is 2.72 bits per heavy atom. The van der Waals surface area contributed by atoms with Crippen molar-refractivity contribution in [2.45, 2.75) is 26.8 Å². The standard InChI is InChI=1S/C18H31N5O.HI/c1-5-22(6-2)17-8-7-15(11-20-17)12-21-18(19-3)23-10-9-16(13-23)14-24-4;/h7-8,11,16H,5-6,9-10,12-14H2,1-4H3,(H,19,21);1H. The maximum atomic E-state index is 5.27. The van der Waals surface area contributed by atoms with E-state index in [9.17, 15) is 0 Å². The Labute approximate surface area is 169 Å². The second-order valence-corrected chi connectivity index (χ2v) is 6.15. The summed E-state index contributed by atoms with van der Waals surface area (Å²) >= 11 is 0. The monoisotopic (exact) mass is 461 g/mol. The number of nitrogens with zero attached hydrogens (tertiary/aromatic N) is 4. The van der Waals surface area contributed by atoms with Crippen molar-refractivity contribution in [3.8, 4) is 0 Å². The van der Waals surface area contributed by atoms with Gasteiger partial charge < -0.3 is 19.9 Å². The fourth-order valence-electron chi connectivity index (χ4n) is 3.17. The van der Waals surface area contributed by atoms with Crippen LogP contribution in [0.5, 0.6) is 0 Å². The summed E-state index contributed by atoms with van der Waals surface area (Å²) in [7, 11) is 3.61. The molecule has 1 aliphatic rings. The van der Waals surface area contributed by atoms with Crippen molar-refractivity contribution in [2.24, 2.45) is 10.9 Å². The average molecular weight is 461 g/mol. The summed E-state index contributed by atoms with van der Waals surface area (Å²) < 4.78 is 5.27. The number of pyridine rings is 1. The first kappa shape index (κ1) is 22.0. The van der Waals surface area contributed by atoms with Crippen LogP contribution in [-0.4, -0.2) is 62.8 Å². The Balaban J connectivity index is 0.00000312. The van der Waals surface area contributed by atoms with E-state index in [0.29, 0.717) is 5.92 Å². The molecule has 0 radical (unpaired) electrons. The quantitative estimate of drug-likeness (QED) is 0.385. The van der Waals surface area contributed by atoms with Crippen LogP contribution in [0, 0.1) is 5.92 Å². The number of hydrogen-bond acceptors (Lipinski definition) is 4. The van der Waals surface area contributed by atoms with Crippen LogP contribution < -0.4 is 10.2 Å². The van der Waals surface area contributed by atoms with Gasteiger partial charge in [0.25, 0.3) is 0 Å². The summed E-state index contributed by atoms with van der Waals surface area (Å²) in [6, 6.07) is 4.23. The number of guanidine groups is 1. The van der Waals surface area contributed by atoms with Crippen LogP contribution in [0.4, 0.5) is 5.82 Å². The van der Waals surface area contributed by atoms with Crippen LogP contribution in [0.1, 0.15) is 25.8 Å². The van der Waals surface area contributed by atoms with E-state index in [1.165, 1.54) is 5.56 Å². The van der Waals surface area contributed by atoms with E-state index < -0.39 is 0 Å². The summed E-state index contributed by atoms with van der Waals surface area (Å²) in [5.74, 6) is 2.60. The third-order valence-corrected chi connectivity index (χ3v) is 4.55. The Hall–Kier alpha value is -1.09. The smallest absolute Gasteiger partial charge is 0.193 e. The van der Waals surface area contributed by atoms with Crippen LogP contribution >= 0.6 is 24.0 Å². The number of rotatable bonds is 7. The molecule has 25 heavy (non-hydrogen) atoms. The second-order valence-electron chi connectivity index (χ2n) is 6.15. The molecule has 7 heteroatoms. The minimum Gasteiger partial charge on any atom is -0.384 e. The van der Waals surface area contributed by atoms with E-state index in [1.54, 1.807) is 7.11 Å². The molecule has 2 rings (SSSR count). The van der Waals surface area contributed by atoms with Crippen molar-refractivity contribution in [1.29, 1.82) is 0 Å². The number of likely N-dealkylation sites (tertiary alicyclic amines) is 1. The van der Waals surface area contributed by atoms with Gasteiger partial charge in [-0.2, -0.15) is 0 Å². The van der Waals surface area contributed by atoms with Crippen LogP contribution in [0.15, 0.2) is 23.3 Å². The summed E-state index contributed by atoms with van der Waals surface area (Å²) in [5.41, 5.74) is 1.17. The van der Waals surface area contributed by atoms with E-state index in [2.05, 4.69) is 51.1 Å². The lowest BCUT2D eigenvalue weighted by Crippen LogP contribution is -2.39. The lowest BCUT2D eigenvalue weighted by atomic mass is 10.1. The first-order valence-electron chi connectivity index (χ1n) is 8.86. The Kier molecular flexibility index (Phi) is 10.1. The molecular formula is C18H32IN5O. The van der Waals surface area contributed by atoms with E-state index in [1.807, 2.05) is 13.2 Å². The highest BCUT2D eigenvalue weighted by Gasteiger charge is 2.24. The Morgan fingerprint density at radius 1 is 1.40 bits per heavy atom. The third kappa shape index (κ3) is 6.29. The largest absolute Gasteiger partial charge is 0.384 e. The Morgan fingerprint density at radius 2 is 2.16 bits per heavy atom. The molecule has 2 heterocycles. The zero-order chi connectivity index (χ0) is 17.4. The van der Waals surface area contributed by atoms with Crippen LogP contribution in [-0.2, 0) is 11.3 Å². The number of anilines is 1. The van der Waals surface area contributed by atoms with E-state index >= 15 is 0 Å². The normalized spacial score (nSPS) is 17.4. The SMILES string of the molecule is CCN(CC)c1ccc(CNC(=NC)N2CCC(COC)C2)cn1.I. The average Bonchev–Trinajstić information content (AvgIpc) is 3.07. The highest BCUT2D eigenvalue weighted by atomic mass is 127. The van der Waals surface area contributed by atoms with Gasteiger partial charge >= 0.3 is 0 Å². The van der Waals surface area contributed by atoms with Gasteiger partial charge in [-0.3, -0.25) is 4.99 Å². The summed E-state index contributed by atoms with van der Waals surface area (Å²) in [5, 5.41) is 3.45. The van der Waals surface area contributed by atoms with Gasteiger partial charge in [0.1, 0.15) is 5.82 Å². The van der Waals surface area contributed by atoms with Gasteiger partial charge in [-0.05, 0) is 31.9 Å². The molecule has 1 N–H and O–H groups in total. The first-order valence-corrected chi connectivity index (χ1v) is 8.86. The number of nitrogens with one attached hydrogen (secondary N) is 1. The fraction of sp³-hybridized carbons (Fsp3) is 0.667. The van der Waals surface area contributed by atoms with Crippen molar-refractivity contribution >= 4 is 35.8 Å². The molecule has 0 amide bonds. The number of methoxy groups -OCH3 is 1. The highest BCUT2D eigenvalue weighted by molar-refractivity contribution is 14.0. The van der Waals surface area contributed by atoms with Gasteiger partial charge in [-0.15, -0.1) is 24.0 Å². The minimum absolute atomic E-state index is 0. The number of halogens is 1. The summed E-state index contributed by atoms with van der Waals surface area (Å²) in [6.45, 7) is 9.86. The zero-order valence-electron chi connectivity index (χ0n) is 15.9. The topological polar surface area (TPSA) is 53.0 Å². The van der Waals surface area contributed by atoms with Crippen molar-refractivity contribution in [3.63, 3.8) is 0 Å². The minimum atomic E-state index is 0.